The molecule has 1 aliphatic rings. The molecular formula is C18H23N7O. The summed E-state index contributed by atoms with van der Waals surface area (Å²) in [6.45, 7) is 3.95. The third-order valence-electron chi connectivity index (χ3n) is 5.30. The largest absolute Gasteiger partial charge is 0.349 e. The molecule has 1 aliphatic carbocycles. The van der Waals surface area contributed by atoms with Gasteiger partial charge in [0.2, 0.25) is 5.91 Å². The van der Waals surface area contributed by atoms with Gasteiger partial charge in [-0.3, -0.25) is 9.48 Å². The quantitative estimate of drug-likeness (QED) is 0.769. The zero-order valence-corrected chi connectivity index (χ0v) is 15.4. The summed E-state index contributed by atoms with van der Waals surface area (Å²) in [5.41, 5.74) is 5.34. The molecule has 0 bridgehead atoms. The molecule has 0 aromatic carbocycles. The van der Waals surface area contributed by atoms with Crippen LogP contribution in [0.1, 0.15) is 53.5 Å². The first-order valence-electron chi connectivity index (χ1n) is 9.00. The maximum absolute atomic E-state index is 12.5. The number of aromatic nitrogens is 6. The van der Waals surface area contributed by atoms with Gasteiger partial charge in [0.05, 0.1) is 12.2 Å². The second-order valence-corrected chi connectivity index (χ2v) is 6.92. The van der Waals surface area contributed by atoms with Crippen LogP contribution in [0.5, 0.6) is 0 Å². The molecule has 3 aromatic rings. The fraction of sp³-hybridized carbons (Fsp3) is 0.500. The molecule has 1 unspecified atom stereocenters. The number of hydrogen-bond donors (Lipinski definition) is 1. The van der Waals surface area contributed by atoms with Gasteiger partial charge < -0.3 is 5.32 Å². The second kappa shape index (κ2) is 6.51. The SMILES string of the molecule is Cc1nc2ncnn2c(C)c1CCC(=O)NC1CCCc2c1cnn2C. The third kappa shape index (κ3) is 2.85. The standard InChI is InChI=1S/C18H23N7O/c1-11-13(12(2)25-18(22-11)19-10-21-25)7-8-17(26)23-15-5-4-6-16-14(15)9-20-24(16)3/h9-10,15H,4-8H2,1-3H3,(H,23,26). The Bertz CT molecular complexity index is 971. The smallest absolute Gasteiger partial charge is 0.252 e. The minimum atomic E-state index is 0.0594. The Morgan fingerprint density at radius 1 is 1.35 bits per heavy atom. The minimum absolute atomic E-state index is 0.0594. The molecule has 0 aliphatic heterocycles. The molecule has 136 valence electrons. The summed E-state index contributed by atoms with van der Waals surface area (Å²) >= 11 is 0. The average molecular weight is 353 g/mol. The number of fused-ring (bicyclic) bond motifs is 2. The van der Waals surface area contributed by atoms with Crippen molar-refractivity contribution in [1.82, 2.24) is 34.7 Å². The molecule has 0 saturated heterocycles. The predicted octanol–water partition coefficient (Wildman–Crippen LogP) is 1.60. The van der Waals surface area contributed by atoms with Gasteiger partial charge in [0, 0.05) is 36.1 Å². The number of carbonyl (C=O) groups is 1. The van der Waals surface area contributed by atoms with Crippen molar-refractivity contribution in [1.29, 1.82) is 0 Å². The maximum atomic E-state index is 12.5. The molecule has 1 N–H and O–H groups in total. The molecule has 1 atom stereocenters. The lowest BCUT2D eigenvalue weighted by Gasteiger charge is -2.24. The molecule has 0 saturated carbocycles. The van der Waals surface area contributed by atoms with Gasteiger partial charge >= 0.3 is 0 Å². The molecular weight excluding hydrogens is 330 g/mol. The second-order valence-electron chi connectivity index (χ2n) is 6.92. The van der Waals surface area contributed by atoms with E-state index < -0.39 is 0 Å². The molecule has 4 rings (SSSR count). The number of nitrogens with one attached hydrogen (secondary N) is 1. The van der Waals surface area contributed by atoms with Gasteiger partial charge in [-0.2, -0.15) is 15.2 Å². The van der Waals surface area contributed by atoms with Crippen molar-refractivity contribution in [3.05, 3.63) is 40.7 Å². The molecule has 3 aromatic heterocycles. The van der Waals surface area contributed by atoms with Crippen molar-refractivity contribution >= 4 is 11.7 Å². The first kappa shape index (κ1) is 16.7. The van der Waals surface area contributed by atoms with Gasteiger partial charge in [0.1, 0.15) is 6.33 Å². The predicted molar refractivity (Wildman–Crippen MR) is 95.6 cm³/mol. The van der Waals surface area contributed by atoms with Crippen molar-refractivity contribution in [3.8, 4) is 0 Å². The van der Waals surface area contributed by atoms with Gasteiger partial charge in [0.25, 0.3) is 5.78 Å². The summed E-state index contributed by atoms with van der Waals surface area (Å²) < 4.78 is 3.64. The van der Waals surface area contributed by atoms with Crippen LogP contribution < -0.4 is 5.32 Å². The van der Waals surface area contributed by atoms with Crippen molar-refractivity contribution in [2.24, 2.45) is 7.05 Å². The van der Waals surface area contributed by atoms with Gasteiger partial charge in [-0.1, -0.05) is 0 Å². The van der Waals surface area contributed by atoms with Crippen LogP contribution in [-0.2, 0) is 24.7 Å². The van der Waals surface area contributed by atoms with Crippen LogP contribution in [0.2, 0.25) is 0 Å². The van der Waals surface area contributed by atoms with Gasteiger partial charge in [-0.25, -0.2) is 9.50 Å². The number of hydrogen-bond acceptors (Lipinski definition) is 5. The zero-order chi connectivity index (χ0) is 18.3. The van der Waals surface area contributed by atoms with E-state index in [1.54, 1.807) is 4.52 Å². The maximum Gasteiger partial charge on any atom is 0.252 e. The van der Waals surface area contributed by atoms with Crippen LogP contribution in [0.4, 0.5) is 0 Å². The fourth-order valence-electron chi connectivity index (χ4n) is 3.88. The lowest BCUT2D eigenvalue weighted by molar-refractivity contribution is -0.121. The van der Waals surface area contributed by atoms with Gasteiger partial charge in [-0.05, 0) is 45.1 Å². The Morgan fingerprint density at radius 2 is 2.19 bits per heavy atom. The summed E-state index contributed by atoms with van der Waals surface area (Å²) in [6, 6.07) is 0.0677. The zero-order valence-electron chi connectivity index (χ0n) is 15.4. The first-order valence-corrected chi connectivity index (χ1v) is 9.00. The van der Waals surface area contributed by atoms with E-state index in [0.29, 0.717) is 18.6 Å². The van der Waals surface area contributed by atoms with E-state index in [0.717, 1.165) is 41.8 Å². The van der Waals surface area contributed by atoms with Crippen LogP contribution in [0.3, 0.4) is 0 Å². The summed E-state index contributed by atoms with van der Waals surface area (Å²) in [4.78, 5) is 21.1. The van der Waals surface area contributed by atoms with Crippen LogP contribution in [-0.4, -0.2) is 35.3 Å². The molecule has 0 spiro atoms. The Morgan fingerprint density at radius 3 is 3.04 bits per heavy atom. The Kier molecular flexibility index (Phi) is 4.18. The highest BCUT2D eigenvalue weighted by molar-refractivity contribution is 5.76. The van der Waals surface area contributed by atoms with Crippen LogP contribution in [0, 0.1) is 13.8 Å². The van der Waals surface area contributed by atoms with E-state index in [2.05, 4.69) is 25.5 Å². The van der Waals surface area contributed by atoms with Crippen LogP contribution in [0.15, 0.2) is 12.5 Å². The van der Waals surface area contributed by atoms with Crippen molar-refractivity contribution in [3.63, 3.8) is 0 Å². The van der Waals surface area contributed by atoms with Crippen LogP contribution in [0.25, 0.3) is 5.78 Å². The number of nitrogens with zero attached hydrogens (tertiary/aromatic N) is 6. The molecule has 0 fully saturated rings. The summed E-state index contributed by atoms with van der Waals surface area (Å²) in [5, 5.41) is 11.7. The molecule has 3 heterocycles. The van der Waals surface area contributed by atoms with E-state index in [1.807, 2.05) is 31.8 Å². The van der Waals surface area contributed by atoms with E-state index >= 15 is 0 Å². The van der Waals surface area contributed by atoms with E-state index in [-0.39, 0.29) is 11.9 Å². The summed E-state index contributed by atoms with van der Waals surface area (Å²) in [6.07, 6.45) is 7.52. The minimum Gasteiger partial charge on any atom is -0.349 e. The number of rotatable bonds is 4. The third-order valence-corrected chi connectivity index (χ3v) is 5.30. The van der Waals surface area contributed by atoms with E-state index in [4.69, 9.17) is 0 Å². The fourth-order valence-corrected chi connectivity index (χ4v) is 3.88. The molecule has 8 nitrogen and oxygen atoms in total. The number of aryl methyl sites for hydroxylation is 3. The highest BCUT2D eigenvalue weighted by Gasteiger charge is 2.24. The molecule has 1 amide bonds. The van der Waals surface area contributed by atoms with E-state index in [1.165, 1.54) is 12.0 Å². The first-order chi connectivity index (χ1) is 12.5. The Balaban J connectivity index is 1.45. The van der Waals surface area contributed by atoms with Gasteiger partial charge in [-0.15, -0.1) is 0 Å². The molecule has 8 heteroatoms. The summed E-state index contributed by atoms with van der Waals surface area (Å²) in [5.74, 6) is 0.656. The lowest BCUT2D eigenvalue weighted by atomic mass is 9.93. The molecule has 26 heavy (non-hydrogen) atoms. The van der Waals surface area contributed by atoms with Crippen molar-refractivity contribution in [2.45, 2.75) is 52.0 Å². The van der Waals surface area contributed by atoms with Gasteiger partial charge in [0.15, 0.2) is 0 Å². The monoisotopic (exact) mass is 353 g/mol. The van der Waals surface area contributed by atoms with Crippen molar-refractivity contribution < 1.29 is 4.79 Å². The van der Waals surface area contributed by atoms with Crippen molar-refractivity contribution in [2.75, 3.05) is 0 Å². The number of amides is 1. The van der Waals surface area contributed by atoms with E-state index in [9.17, 15) is 4.79 Å². The molecule has 0 radical (unpaired) electrons. The lowest BCUT2D eigenvalue weighted by Crippen LogP contribution is -2.31. The number of carbonyl (C=O) groups excluding carboxylic acids is 1. The summed E-state index contributed by atoms with van der Waals surface area (Å²) in [7, 11) is 1.96. The Hall–Kier alpha value is -2.77. The average Bonchev–Trinajstić information content (AvgIpc) is 3.22. The normalized spacial score (nSPS) is 16.7. The highest BCUT2D eigenvalue weighted by Crippen LogP contribution is 2.29. The van der Waals surface area contributed by atoms with Crippen LogP contribution >= 0.6 is 0 Å². The Labute approximate surface area is 151 Å². The topological polar surface area (TPSA) is 90.0 Å². The highest BCUT2D eigenvalue weighted by atomic mass is 16.1.